The monoisotopic (exact) mass is 264 g/mol. The molecule has 0 unspecified atom stereocenters. The molecule has 1 radical (unpaired) electrons. The Hall–Kier alpha value is -2.21. The average Bonchev–Trinajstić information content (AvgIpc) is 2.27. The second-order valence-corrected chi connectivity index (χ2v) is 3.95. The molecule has 0 aliphatic rings. The molecule has 0 aliphatic heterocycles. The van der Waals surface area contributed by atoms with E-state index < -0.39 is 25.0 Å². The molecule has 0 amide bonds. The maximum atomic E-state index is 11.7. The summed E-state index contributed by atoms with van der Waals surface area (Å²) in [5, 5.41) is 17.3. The van der Waals surface area contributed by atoms with Crippen LogP contribution in [0.25, 0.3) is 0 Å². The van der Waals surface area contributed by atoms with Crippen LogP contribution >= 0.6 is 0 Å². The van der Waals surface area contributed by atoms with E-state index in [1.165, 1.54) is 6.42 Å². The predicted octanol–water partition coefficient (Wildman–Crippen LogP) is 0.279. The first kappa shape index (κ1) is 14.8. The van der Waals surface area contributed by atoms with Crippen LogP contribution in [0.15, 0.2) is 30.3 Å². The SMILES string of the molecule is O=C(O)CN(CC(=O)O)CC(=O)[CH]c1ccccc1. The summed E-state index contributed by atoms with van der Waals surface area (Å²) in [6.07, 6.45) is 1.36. The fourth-order valence-electron chi connectivity index (χ4n) is 1.55. The Labute approximate surface area is 110 Å². The number of carbonyl (C=O) groups is 3. The van der Waals surface area contributed by atoms with Crippen molar-refractivity contribution in [2.75, 3.05) is 19.6 Å². The minimum absolute atomic E-state index is 0.243. The van der Waals surface area contributed by atoms with Crippen molar-refractivity contribution >= 4 is 17.7 Å². The second kappa shape index (κ2) is 7.27. The topological polar surface area (TPSA) is 94.9 Å². The van der Waals surface area contributed by atoms with E-state index >= 15 is 0 Å². The van der Waals surface area contributed by atoms with E-state index in [0.29, 0.717) is 5.56 Å². The van der Waals surface area contributed by atoms with Crippen LogP contribution in [0.2, 0.25) is 0 Å². The number of Topliss-reactive ketones (excluding diaryl/α,β-unsaturated/α-hetero) is 1. The third kappa shape index (κ3) is 6.32. The summed E-state index contributed by atoms with van der Waals surface area (Å²) in [6.45, 7) is -1.21. The van der Waals surface area contributed by atoms with Gasteiger partial charge >= 0.3 is 11.9 Å². The maximum Gasteiger partial charge on any atom is 0.317 e. The first-order valence-electron chi connectivity index (χ1n) is 5.56. The van der Waals surface area contributed by atoms with Gasteiger partial charge in [0.1, 0.15) is 0 Å². The summed E-state index contributed by atoms with van der Waals surface area (Å²) in [5.74, 6) is -2.68. The molecular weight excluding hydrogens is 250 g/mol. The highest BCUT2D eigenvalue weighted by Gasteiger charge is 2.17. The van der Waals surface area contributed by atoms with E-state index in [2.05, 4.69) is 0 Å². The van der Waals surface area contributed by atoms with E-state index in [4.69, 9.17) is 10.2 Å². The molecule has 0 aromatic heterocycles. The lowest BCUT2D eigenvalue weighted by atomic mass is 10.1. The van der Waals surface area contributed by atoms with Crippen molar-refractivity contribution in [3.63, 3.8) is 0 Å². The molecule has 101 valence electrons. The average molecular weight is 264 g/mol. The summed E-state index contributed by atoms with van der Waals surface area (Å²) < 4.78 is 0. The summed E-state index contributed by atoms with van der Waals surface area (Å²) in [6, 6.07) is 8.81. The zero-order chi connectivity index (χ0) is 14.3. The van der Waals surface area contributed by atoms with Gasteiger partial charge in [0.25, 0.3) is 0 Å². The van der Waals surface area contributed by atoms with Gasteiger partial charge in [0.2, 0.25) is 0 Å². The fraction of sp³-hybridized carbons (Fsp3) is 0.231. The number of ketones is 1. The van der Waals surface area contributed by atoms with Crippen molar-refractivity contribution in [1.29, 1.82) is 0 Å². The highest BCUT2D eigenvalue weighted by Crippen LogP contribution is 2.03. The molecule has 0 bridgehead atoms. The Kier molecular flexibility index (Phi) is 5.69. The third-order valence-corrected chi connectivity index (χ3v) is 2.22. The van der Waals surface area contributed by atoms with Crippen LogP contribution in [0.1, 0.15) is 5.56 Å². The van der Waals surface area contributed by atoms with Gasteiger partial charge in [0.15, 0.2) is 5.78 Å². The van der Waals surface area contributed by atoms with Crippen molar-refractivity contribution in [3.8, 4) is 0 Å². The van der Waals surface area contributed by atoms with Crippen molar-refractivity contribution in [3.05, 3.63) is 42.3 Å². The van der Waals surface area contributed by atoms with E-state index in [0.717, 1.165) is 4.90 Å². The van der Waals surface area contributed by atoms with Gasteiger partial charge in [-0.1, -0.05) is 30.3 Å². The molecule has 1 aromatic rings. The fourth-order valence-corrected chi connectivity index (χ4v) is 1.55. The molecule has 0 atom stereocenters. The van der Waals surface area contributed by atoms with Crippen molar-refractivity contribution in [2.24, 2.45) is 0 Å². The van der Waals surface area contributed by atoms with Gasteiger partial charge in [-0.15, -0.1) is 0 Å². The highest BCUT2D eigenvalue weighted by atomic mass is 16.4. The number of rotatable bonds is 8. The number of carboxylic acid groups (broad SMARTS) is 2. The smallest absolute Gasteiger partial charge is 0.317 e. The molecule has 6 heteroatoms. The quantitative estimate of drug-likeness (QED) is 0.700. The Morgan fingerprint density at radius 2 is 1.47 bits per heavy atom. The first-order valence-corrected chi connectivity index (χ1v) is 5.56. The summed E-state index contributed by atoms with van der Waals surface area (Å²) in [4.78, 5) is 33.9. The minimum Gasteiger partial charge on any atom is -0.480 e. The molecule has 0 spiro atoms. The minimum atomic E-state index is -1.17. The number of carbonyl (C=O) groups excluding carboxylic acids is 1. The Morgan fingerprint density at radius 3 is 1.95 bits per heavy atom. The molecule has 1 aromatic carbocycles. The second-order valence-electron chi connectivity index (χ2n) is 3.95. The van der Waals surface area contributed by atoms with Gasteiger partial charge in [-0.05, 0) is 5.56 Å². The molecule has 0 saturated carbocycles. The van der Waals surface area contributed by atoms with Crippen LogP contribution in [0, 0.1) is 6.42 Å². The van der Waals surface area contributed by atoms with Crippen molar-refractivity contribution < 1.29 is 24.6 Å². The predicted molar refractivity (Wildman–Crippen MR) is 66.6 cm³/mol. The third-order valence-electron chi connectivity index (χ3n) is 2.22. The van der Waals surface area contributed by atoms with Gasteiger partial charge in [0.05, 0.1) is 26.1 Å². The first-order chi connectivity index (χ1) is 8.97. The lowest BCUT2D eigenvalue weighted by Crippen LogP contribution is -2.38. The van der Waals surface area contributed by atoms with Crippen LogP contribution in [-0.2, 0) is 14.4 Å². The maximum absolute atomic E-state index is 11.7. The van der Waals surface area contributed by atoms with Gasteiger partial charge < -0.3 is 10.2 Å². The molecule has 2 N–H and O–H groups in total. The Balaban J connectivity index is 2.55. The summed E-state index contributed by atoms with van der Waals surface area (Å²) in [7, 11) is 0. The number of hydrogen-bond donors (Lipinski definition) is 2. The highest BCUT2D eigenvalue weighted by molar-refractivity contribution is 5.92. The molecular formula is C13H14NO5. The molecule has 0 saturated heterocycles. The van der Waals surface area contributed by atoms with E-state index in [-0.39, 0.29) is 12.3 Å². The van der Waals surface area contributed by atoms with Crippen LogP contribution in [0.3, 0.4) is 0 Å². The van der Waals surface area contributed by atoms with Gasteiger partial charge in [-0.3, -0.25) is 19.3 Å². The molecule has 19 heavy (non-hydrogen) atoms. The van der Waals surface area contributed by atoms with Crippen molar-refractivity contribution in [2.45, 2.75) is 0 Å². The van der Waals surface area contributed by atoms with Crippen LogP contribution in [-0.4, -0.2) is 52.5 Å². The van der Waals surface area contributed by atoms with Gasteiger partial charge in [-0.25, -0.2) is 0 Å². The van der Waals surface area contributed by atoms with E-state index in [9.17, 15) is 14.4 Å². The molecule has 0 aliphatic carbocycles. The van der Waals surface area contributed by atoms with Crippen LogP contribution in [0.5, 0.6) is 0 Å². The van der Waals surface area contributed by atoms with Gasteiger partial charge in [-0.2, -0.15) is 0 Å². The number of aliphatic carboxylic acids is 2. The van der Waals surface area contributed by atoms with Crippen LogP contribution in [0.4, 0.5) is 0 Å². The van der Waals surface area contributed by atoms with E-state index in [1.807, 2.05) is 6.07 Å². The lowest BCUT2D eigenvalue weighted by Gasteiger charge is -2.16. The Bertz CT molecular complexity index is 441. The number of carboxylic acids is 2. The summed E-state index contributed by atoms with van der Waals surface area (Å²) >= 11 is 0. The summed E-state index contributed by atoms with van der Waals surface area (Å²) in [5.41, 5.74) is 0.693. The number of nitrogens with zero attached hydrogens (tertiary/aromatic N) is 1. The van der Waals surface area contributed by atoms with Crippen LogP contribution < -0.4 is 0 Å². The molecule has 1 rings (SSSR count). The normalized spacial score (nSPS) is 10.4. The zero-order valence-corrected chi connectivity index (χ0v) is 10.2. The lowest BCUT2D eigenvalue weighted by molar-refractivity contribution is -0.142. The Morgan fingerprint density at radius 1 is 0.947 bits per heavy atom. The zero-order valence-electron chi connectivity index (χ0n) is 10.2. The largest absolute Gasteiger partial charge is 0.480 e. The molecule has 0 fully saturated rings. The van der Waals surface area contributed by atoms with E-state index in [1.54, 1.807) is 24.3 Å². The van der Waals surface area contributed by atoms with Gasteiger partial charge in [0, 0.05) is 0 Å². The molecule has 6 nitrogen and oxygen atoms in total. The van der Waals surface area contributed by atoms with Crippen molar-refractivity contribution in [1.82, 2.24) is 4.90 Å². The number of benzene rings is 1. The standard InChI is InChI=1S/C13H14NO5/c15-11(6-10-4-2-1-3-5-10)7-14(8-12(16)17)9-13(18)19/h1-6H,7-9H2,(H,16,17)(H,18,19). The molecule has 0 heterocycles. The number of hydrogen-bond acceptors (Lipinski definition) is 4.